The van der Waals surface area contributed by atoms with Gasteiger partial charge in [0, 0.05) is 32.2 Å². The second-order valence-corrected chi connectivity index (χ2v) is 8.09. The van der Waals surface area contributed by atoms with Crippen LogP contribution in [0, 0.1) is 23.6 Å². The van der Waals surface area contributed by atoms with Gasteiger partial charge in [-0.25, -0.2) is 4.39 Å². The smallest absolute Gasteiger partial charge is 0.255 e. The van der Waals surface area contributed by atoms with Crippen LogP contribution in [0.5, 0.6) is 0 Å². The van der Waals surface area contributed by atoms with Gasteiger partial charge in [-0.05, 0) is 49.3 Å². The van der Waals surface area contributed by atoms with Crippen molar-refractivity contribution in [1.82, 2.24) is 9.80 Å². The van der Waals surface area contributed by atoms with Gasteiger partial charge in [-0.15, -0.1) is 0 Å². The van der Waals surface area contributed by atoms with E-state index >= 15 is 0 Å². The minimum absolute atomic E-state index is 0.0149. The first kappa shape index (κ1) is 17.7. The Morgan fingerprint density at radius 3 is 2.35 bits per heavy atom. The number of hydrogen-bond acceptors (Lipinski definition) is 3. The van der Waals surface area contributed by atoms with Crippen molar-refractivity contribution in [2.75, 3.05) is 26.2 Å². The molecule has 1 aromatic rings. The molecular formula is C19H23ClFN3O2. The zero-order valence-corrected chi connectivity index (χ0v) is 15.3. The number of nitrogens with zero attached hydrogens (tertiary/aromatic N) is 2. The van der Waals surface area contributed by atoms with E-state index in [1.54, 1.807) is 4.90 Å². The van der Waals surface area contributed by atoms with Crippen molar-refractivity contribution in [3.05, 3.63) is 34.6 Å². The van der Waals surface area contributed by atoms with E-state index in [0.29, 0.717) is 43.6 Å². The van der Waals surface area contributed by atoms with E-state index in [0.717, 1.165) is 25.3 Å². The van der Waals surface area contributed by atoms with Crippen LogP contribution in [0.4, 0.5) is 4.39 Å². The lowest BCUT2D eigenvalue weighted by Crippen LogP contribution is -2.54. The third-order valence-corrected chi connectivity index (χ3v) is 6.62. The van der Waals surface area contributed by atoms with Crippen LogP contribution in [0.3, 0.4) is 0 Å². The van der Waals surface area contributed by atoms with Gasteiger partial charge < -0.3 is 15.5 Å². The van der Waals surface area contributed by atoms with Gasteiger partial charge in [0.2, 0.25) is 5.91 Å². The fourth-order valence-electron chi connectivity index (χ4n) is 4.88. The number of carbonyl (C=O) groups is 2. The van der Waals surface area contributed by atoms with Gasteiger partial charge in [-0.1, -0.05) is 11.6 Å². The summed E-state index contributed by atoms with van der Waals surface area (Å²) in [7, 11) is 0. The van der Waals surface area contributed by atoms with Gasteiger partial charge in [0.25, 0.3) is 5.91 Å². The molecule has 4 unspecified atom stereocenters. The highest BCUT2D eigenvalue weighted by Gasteiger charge is 2.50. The molecule has 2 aliphatic carbocycles. The van der Waals surface area contributed by atoms with E-state index in [4.69, 9.17) is 17.3 Å². The number of piperazine rings is 1. The molecule has 4 rings (SSSR count). The maximum absolute atomic E-state index is 13.2. The number of fused-ring (bicyclic) bond motifs is 2. The quantitative estimate of drug-likeness (QED) is 0.856. The van der Waals surface area contributed by atoms with Gasteiger partial charge in [0.1, 0.15) is 5.82 Å². The van der Waals surface area contributed by atoms with Crippen molar-refractivity contribution in [3.8, 4) is 0 Å². The molecule has 140 valence electrons. The first-order valence-electron chi connectivity index (χ1n) is 9.24. The van der Waals surface area contributed by atoms with Crippen LogP contribution in [-0.2, 0) is 4.79 Å². The molecule has 1 aliphatic heterocycles. The molecule has 2 amide bonds. The van der Waals surface area contributed by atoms with Gasteiger partial charge in [0.05, 0.1) is 16.5 Å². The summed E-state index contributed by atoms with van der Waals surface area (Å²) in [4.78, 5) is 29.1. The minimum Gasteiger partial charge on any atom is -0.339 e. The highest BCUT2D eigenvalue weighted by Crippen LogP contribution is 2.48. The molecule has 2 saturated carbocycles. The Hall–Kier alpha value is -1.66. The van der Waals surface area contributed by atoms with E-state index in [1.807, 2.05) is 4.90 Å². The second-order valence-electron chi connectivity index (χ2n) is 7.68. The lowest BCUT2D eigenvalue weighted by molar-refractivity contribution is -0.139. The van der Waals surface area contributed by atoms with Crippen LogP contribution in [0.25, 0.3) is 0 Å². The number of nitrogens with two attached hydrogens (primary N) is 1. The highest BCUT2D eigenvalue weighted by molar-refractivity contribution is 6.33. The SMILES string of the molecule is NC1C2CCC(C2)C1C(=O)N1CCN(C(=O)c2ccc(F)cc2Cl)CC1. The van der Waals surface area contributed by atoms with Crippen LogP contribution in [0.15, 0.2) is 18.2 Å². The molecule has 0 spiro atoms. The van der Waals surface area contributed by atoms with Crippen molar-refractivity contribution in [3.63, 3.8) is 0 Å². The van der Waals surface area contributed by atoms with Crippen LogP contribution in [0.2, 0.25) is 5.02 Å². The second kappa shape index (κ2) is 6.82. The molecule has 0 aromatic heterocycles. The van der Waals surface area contributed by atoms with Crippen LogP contribution in [-0.4, -0.2) is 53.8 Å². The average Bonchev–Trinajstić information content (AvgIpc) is 3.22. The Kier molecular flexibility index (Phi) is 4.65. The van der Waals surface area contributed by atoms with Crippen molar-refractivity contribution in [2.45, 2.75) is 25.3 Å². The Morgan fingerprint density at radius 2 is 1.73 bits per heavy atom. The number of rotatable bonds is 2. The summed E-state index contributed by atoms with van der Waals surface area (Å²) in [5.74, 6) is 0.333. The maximum atomic E-state index is 13.2. The zero-order valence-electron chi connectivity index (χ0n) is 14.5. The molecule has 1 aromatic carbocycles. The Balaban J connectivity index is 1.38. The molecule has 5 nitrogen and oxygen atoms in total. The van der Waals surface area contributed by atoms with Crippen molar-refractivity contribution < 1.29 is 14.0 Å². The summed E-state index contributed by atoms with van der Waals surface area (Å²) in [6.45, 7) is 1.91. The van der Waals surface area contributed by atoms with Crippen LogP contribution >= 0.6 is 11.6 Å². The highest BCUT2D eigenvalue weighted by atomic mass is 35.5. The summed E-state index contributed by atoms with van der Waals surface area (Å²) < 4.78 is 13.2. The average molecular weight is 380 g/mol. The topological polar surface area (TPSA) is 66.6 Å². The van der Waals surface area contributed by atoms with E-state index < -0.39 is 5.82 Å². The predicted octanol–water partition coefficient (Wildman–Crippen LogP) is 2.14. The van der Waals surface area contributed by atoms with Gasteiger partial charge in [-0.3, -0.25) is 9.59 Å². The molecule has 0 radical (unpaired) electrons. The normalized spacial score (nSPS) is 30.7. The molecule has 1 saturated heterocycles. The van der Waals surface area contributed by atoms with Crippen molar-refractivity contribution in [2.24, 2.45) is 23.5 Å². The fourth-order valence-corrected chi connectivity index (χ4v) is 5.12. The molecule has 4 atom stereocenters. The summed E-state index contributed by atoms with van der Waals surface area (Å²) in [6.07, 6.45) is 3.34. The summed E-state index contributed by atoms with van der Waals surface area (Å²) in [5.41, 5.74) is 6.59. The molecule has 26 heavy (non-hydrogen) atoms. The Bertz CT molecular complexity index is 733. The molecule has 3 fully saturated rings. The van der Waals surface area contributed by atoms with Crippen molar-refractivity contribution >= 4 is 23.4 Å². The van der Waals surface area contributed by atoms with Gasteiger partial charge >= 0.3 is 0 Å². The number of benzene rings is 1. The lowest BCUT2D eigenvalue weighted by atomic mass is 9.84. The van der Waals surface area contributed by atoms with Gasteiger partial charge in [0.15, 0.2) is 0 Å². The van der Waals surface area contributed by atoms with Crippen LogP contribution < -0.4 is 5.73 Å². The van der Waals surface area contributed by atoms with E-state index in [-0.39, 0.29) is 28.8 Å². The first-order chi connectivity index (χ1) is 12.5. The standard InChI is InChI=1S/C19H23ClFN3O2/c20-15-10-13(21)3-4-14(15)18(25)23-5-7-24(8-6-23)19(26)16-11-1-2-12(9-11)17(16)22/h3-4,10-12,16-17H,1-2,5-9,22H2. The molecule has 2 N–H and O–H groups in total. The molecular weight excluding hydrogens is 357 g/mol. The monoisotopic (exact) mass is 379 g/mol. The van der Waals surface area contributed by atoms with E-state index in [2.05, 4.69) is 0 Å². The summed E-state index contributed by atoms with van der Waals surface area (Å²) in [5, 5.41) is 0.112. The fraction of sp³-hybridized carbons (Fsp3) is 0.579. The predicted molar refractivity (Wildman–Crippen MR) is 96.2 cm³/mol. The minimum atomic E-state index is -0.468. The summed E-state index contributed by atoms with van der Waals surface area (Å²) >= 11 is 6.00. The number of halogens is 2. The Morgan fingerprint density at radius 1 is 1.08 bits per heavy atom. The van der Waals surface area contributed by atoms with Crippen LogP contribution in [0.1, 0.15) is 29.6 Å². The molecule has 1 heterocycles. The third kappa shape index (κ3) is 2.99. The first-order valence-corrected chi connectivity index (χ1v) is 9.62. The lowest BCUT2D eigenvalue weighted by Gasteiger charge is -2.38. The third-order valence-electron chi connectivity index (χ3n) is 6.31. The number of carbonyl (C=O) groups excluding carboxylic acids is 2. The van der Waals surface area contributed by atoms with E-state index in [9.17, 15) is 14.0 Å². The van der Waals surface area contributed by atoms with E-state index in [1.165, 1.54) is 12.1 Å². The number of amides is 2. The number of hydrogen-bond donors (Lipinski definition) is 1. The molecule has 2 bridgehead atoms. The zero-order chi connectivity index (χ0) is 18.4. The summed E-state index contributed by atoms with van der Waals surface area (Å²) in [6, 6.07) is 3.77. The largest absolute Gasteiger partial charge is 0.339 e. The maximum Gasteiger partial charge on any atom is 0.255 e. The Labute approximate surface area is 157 Å². The molecule has 3 aliphatic rings. The molecule has 7 heteroatoms. The van der Waals surface area contributed by atoms with Gasteiger partial charge in [-0.2, -0.15) is 0 Å². The van der Waals surface area contributed by atoms with Crippen molar-refractivity contribution in [1.29, 1.82) is 0 Å².